The van der Waals surface area contributed by atoms with Gasteiger partial charge in [-0.25, -0.2) is 0 Å². The Morgan fingerprint density at radius 1 is 1.65 bits per heavy atom. The van der Waals surface area contributed by atoms with Crippen LogP contribution < -0.4 is 0 Å². The molecule has 1 aromatic rings. The number of halogens is 1. The average molecular weight is 302 g/mol. The van der Waals surface area contributed by atoms with Gasteiger partial charge in [-0.1, -0.05) is 0 Å². The summed E-state index contributed by atoms with van der Waals surface area (Å²) in [6.07, 6.45) is 1.13. The summed E-state index contributed by atoms with van der Waals surface area (Å²) in [5.74, 6) is 0.0653. The van der Waals surface area contributed by atoms with Crippen LogP contribution in [0.1, 0.15) is 17.4 Å². The number of amides is 1. The summed E-state index contributed by atoms with van der Waals surface area (Å²) in [5, 5.41) is 10.8. The number of hydrogen-bond donors (Lipinski definition) is 0. The van der Waals surface area contributed by atoms with Crippen molar-refractivity contribution in [3.63, 3.8) is 0 Å². The molecule has 1 aliphatic rings. The first-order valence-electron chi connectivity index (χ1n) is 6.23. The van der Waals surface area contributed by atoms with E-state index in [1.807, 2.05) is 6.92 Å². The fourth-order valence-corrected chi connectivity index (χ4v) is 2.39. The standard InChI is InChI=1S/C12H16ClN3O4/c1-8-7-20-10(4-13)6-15(8)12(17)11-3-9(16(18)19)5-14(11)2/h3,5,8,10H,4,6-7H2,1-2H3. The van der Waals surface area contributed by atoms with Crippen LogP contribution in [0.3, 0.4) is 0 Å². The number of hydrogen-bond acceptors (Lipinski definition) is 4. The van der Waals surface area contributed by atoms with Gasteiger partial charge in [-0.05, 0) is 6.92 Å². The number of aryl methyl sites for hydroxylation is 1. The van der Waals surface area contributed by atoms with E-state index in [9.17, 15) is 14.9 Å². The van der Waals surface area contributed by atoms with Crippen LogP contribution in [-0.2, 0) is 11.8 Å². The topological polar surface area (TPSA) is 77.6 Å². The molecule has 0 saturated carbocycles. The molecule has 2 rings (SSSR count). The summed E-state index contributed by atoms with van der Waals surface area (Å²) in [4.78, 5) is 24.4. The van der Waals surface area contributed by atoms with Gasteiger partial charge in [0.1, 0.15) is 5.69 Å². The van der Waals surface area contributed by atoms with E-state index in [0.29, 0.717) is 24.7 Å². The zero-order valence-corrected chi connectivity index (χ0v) is 12.0. The molecular weight excluding hydrogens is 286 g/mol. The van der Waals surface area contributed by atoms with Crippen molar-refractivity contribution in [2.24, 2.45) is 7.05 Å². The molecule has 2 atom stereocenters. The van der Waals surface area contributed by atoms with Gasteiger partial charge in [0.15, 0.2) is 0 Å². The molecule has 2 unspecified atom stereocenters. The lowest BCUT2D eigenvalue weighted by Gasteiger charge is -2.37. The molecule has 2 heterocycles. The monoisotopic (exact) mass is 301 g/mol. The molecule has 1 saturated heterocycles. The van der Waals surface area contributed by atoms with Crippen molar-refractivity contribution in [1.82, 2.24) is 9.47 Å². The molecule has 1 amide bonds. The quantitative estimate of drug-likeness (QED) is 0.480. The molecule has 20 heavy (non-hydrogen) atoms. The van der Waals surface area contributed by atoms with Crippen LogP contribution in [-0.4, -0.2) is 51.5 Å². The number of alkyl halides is 1. The zero-order valence-electron chi connectivity index (χ0n) is 11.3. The fraction of sp³-hybridized carbons (Fsp3) is 0.583. The first kappa shape index (κ1) is 14.8. The summed E-state index contributed by atoms with van der Waals surface area (Å²) < 4.78 is 6.96. The van der Waals surface area contributed by atoms with Gasteiger partial charge in [-0.3, -0.25) is 14.9 Å². The van der Waals surface area contributed by atoms with E-state index in [0.717, 1.165) is 0 Å². The molecule has 8 heteroatoms. The van der Waals surface area contributed by atoms with Crippen LogP contribution in [0.15, 0.2) is 12.3 Å². The maximum Gasteiger partial charge on any atom is 0.287 e. The Kier molecular flexibility index (Phi) is 4.29. The summed E-state index contributed by atoms with van der Waals surface area (Å²) in [6, 6.07) is 1.20. The van der Waals surface area contributed by atoms with Gasteiger partial charge in [0, 0.05) is 19.7 Å². The normalized spacial score (nSPS) is 22.9. The molecule has 0 aromatic carbocycles. The van der Waals surface area contributed by atoms with Crippen LogP contribution in [0, 0.1) is 10.1 Å². The molecule has 0 aliphatic carbocycles. The highest BCUT2D eigenvalue weighted by atomic mass is 35.5. The van der Waals surface area contributed by atoms with Gasteiger partial charge >= 0.3 is 0 Å². The van der Waals surface area contributed by atoms with Crippen molar-refractivity contribution in [2.45, 2.75) is 19.1 Å². The predicted molar refractivity (Wildman–Crippen MR) is 73.0 cm³/mol. The van der Waals surface area contributed by atoms with Gasteiger partial charge in [0.05, 0.1) is 35.8 Å². The third-order valence-electron chi connectivity index (χ3n) is 3.36. The third-order valence-corrected chi connectivity index (χ3v) is 3.70. The lowest BCUT2D eigenvalue weighted by molar-refractivity contribution is -0.384. The average Bonchev–Trinajstić information content (AvgIpc) is 2.81. The van der Waals surface area contributed by atoms with Crippen molar-refractivity contribution in [2.75, 3.05) is 19.0 Å². The third kappa shape index (κ3) is 2.78. The minimum absolute atomic E-state index is 0.0871. The zero-order chi connectivity index (χ0) is 14.9. The maximum absolute atomic E-state index is 12.5. The number of ether oxygens (including phenoxy) is 1. The Morgan fingerprint density at radius 2 is 2.35 bits per heavy atom. The second kappa shape index (κ2) is 5.80. The minimum Gasteiger partial charge on any atom is -0.373 e. The van der Waals surface area contributed by atoms with Crippen LogP contribution in [0.5, 0.6) is 0 Å². The van der Waals surface area contributed by atoms with E-state index < -0.39 is 4.92 Å². The van der Waals surface area contributed by atoms with E-state index in [1.54, 1.807) is 11.9 Å². The first-order valence-corrected chi connectivity index (χ1v) is 6.76. The van der Waals surface area contributed by atoms with E-state index in [-0.39, 0.29) is 23.7 Å². The second-order valence-electron chi connectivity index (χ2n) is 4.87. The van der Waals surface area contributed by atoms with E-state index in [4.69, 9.17) is 16.3 Å². The lowest BCUT2D eigenvalue weighted by Crippen LogP contribution is -2.51. The molecule has 1 aliphatic heterocycles. The SMILES string of the molecule is CC1COC(CCl)CN1C(=O)c1cc([N+](=O)[O-])cn1C. The summed E-state index contributed by atoms with van der Waals surface area (Å²) in [7, 11) is 1.62. The predicted octanol–water partition coefficient (Wildman–Crippen LogP) is 1.40. The second-order valence-corrected chi connectivity index (χ2v) is 5.18. The number of aromatic nitrogens is 1. The van der Waals surface area contributed by atoms with Crippen molar-refractivity contribution in [3.05, 3.63) is 28.1 Å². The number of rotatable bonds is 3. The van der Waals surface area contributed by atoms with Gasteiger partial charge < -0.3 is 14.2 Å². The van der Waals surface area contributed by atoms with E-state index in [1.165, 1.54) is 16.8 Å². The molecule has 0 spiro atoms. The maximum atomic E-state index is 12.5. The van der Waals surface area contributed by atoms with Crippen molar-refractivity contribution < 1.29 is 14.5 Å². The number of morpholine rings is 1. The Morgan fingerprint density at radius 3 is 2.90 bits per heavy atom. The van der Waals surface area contributed by atoms with Crippen LogP contribution in [0.4, 0.5) is 5.69 Å². The molecule has 1 fully saturated rings. The number of nitrogens with zero attached hydrogens (tertiary/aromatic N) is 3. The highest BCUT2D eigenvalue weighted by molar-refractivity contribution is 6.18. The minimum atomic E-state index is -0.513. The molecule has 110 valence electrons. The van der Waals surface area contributed by atoms with Crippen molar-refractivity contribution >= 4 is 23.2 Å². The van der Waals surface area contributed by atoms with Gasteiger partial charge in [0.25, 0.3) is 11.6 Å². The fourth-order valence-electron chi connectivity index (χ4n) is 2.20. The van der Waals surface area contributed by atoms with Crippen molar-refractivity contribution in [3.8, 4) is 0 Å². The van der Waals surface area contributed by atoms with Gasteiger partial charge in [-0.2, -0.15) is 0 Å². The number of carbonyl (C=O) groups is 1. The van der Waals surface area contributed by atoms with E-state index >= 15 is 0 Å². The van der Waals surface area contributed by atoms with Crippen LogP contribution in [0.25, 0.3) is 0 Å². The molecule has 0 bridgehead atoms. The van der Waals surface area contributed by atoms with Crippen LogP contribution in [0.2, 0.25) is 0 Å². The lowest BCUT2D eigenvalue weighted by atomic mass is 10.2. The highest BCUT2D eigenvalue weighted by Gasteiger charge is 2.31. The highest BCUT2D eigenvalue weighted by Crippen LogP contribution is 2.20. The largest absolute Gasteiger partial charge is 0.373 e. The molecule has 7 nitrogen and oxygen atoms in total. The van der Waals surface area contributed by atoms with Crippen molar-refractivity contribution in [1.29, 1.82) is 0 Å². The Bertz CT molecular complexity index is 531. The van der Waals surface area contributed by atoms with E-state index in [2.05, 4.69) is 0 Å². The summed E-state index contributed by atoms with van der Waals surface area (Å²) in [5.41, 5.74) is 0.199. The number of carbonyl (C=O) groups excluding carboxylic acids is 1. The van der Waals surface area contributed by atoms with Gasteiger partial charge in [-0.15, -0.1) is 11.6 Å². The number of nitro groups is 1. The Hall–Kier alpha value is -1.60. The molecule has 0 N–H and O–H groups in total. The van der Waals surface area contributed by atoms with Crippen LogP contribution >= 0.6 is 11.6 Å². The Balaban J connectivity index is 2.23. The first-order chi connectivity index (χ1) is 9.43. The molecule has 0 radical (unpaired) electrons. The molecule has 1 aromatic heterocycles. The smallest absolute Gasteiger partial charge is 0.287 e. The van der Waals surface area contributed by atoms with Gasteiger partial charge in [0.2, 0.25) is 0 Å². The summed E-state index contributed by atoms with van der Waals surface area (Å²) >= 11 is 5.76. The molecular formula is C12H16ClN3O4. The summed E-state index contributed by atoms with van der Waals surface area (Å²) in [6.45, 7) is 2.68. The Labute approximate surface area is 121 Å².